The topological polar surface area (TPSA) is 279 Å². The molecule has 498 valence electrons. The van der Waals surface area contributed by atoms with E-state index in [0.29, 0.717) is 106 Å². The number of fused-ring (bicyclic) bond motifs is 3. The van der Waals surface area contributed by atoms with E-state index >= 15 is 0 Å². The fourth-order valence-electron chi connectivity index (χ4n) is 13.3. The molecule has 3 aromatic heterocycles. The third kappa shape index (κ3) is 14.8. The number of likely N-dealkylation sites (tertiary alicyclic amines) is 2. The Morgan fingerprint density at radius 1 is 0.573 bits per heavy atom. The number of hydrogen-bond donors (Lipinski definition) is 1. The molecule has 96 heavy (non-hydrogen) atoms. The molecule has 0 bridgehead atoms. The zero-order valence-electron chi connectivity index (χ0n) is 55.5. The van der Waals surface area contributed by atoms with Crippen LogP contribution in [0.15, 0.2) is 128 Å². The monoisotopic (exact) mass is 1330 g/mol. The number of benzene rings is 6. The SMILES string of the molecule is CC(C)Oc1ccc(-c2nc(-c3cccc4c3CC[C@@H]4NS(=O)(=O)CCN3CCC3)no2)cc1C#N.CC(C)Oc1ccc(-c2nc(-c3cccc4c3CC[C@H]4C)no2)cc1S(C)(=O)=O.CC1CN([C@H]2CCc3c(-c4noc(-c5ccc(OC(C)C)c(C#N)c5)n4)cccc32)C1. The molecule has 0 amide bonds. The van der Waals surface area contributed by atoms with E-state index in [4.69, 9.17) is 27.8 Å². The van der Waals surface area contributed by atoms with Crippen molar-refractivity contribution in [2.45, 2.75) is 142 Å². The molecule has 0 radical (unpaired) electrons. The number of nitrogens with zero attached hydrogens (tertiary/aromatic N) is 10. The first-order chi connectivity index (χ1) is 46.1. The Morgan fingerprint density at radius 2 is 1.02 bits per heavy atom. The summed E-state index contributed by atoms with van der Waals surface area (Å²) in [4.78, 5) is 18.6. The largest absolute Gasteiger partial charge is 0.490 e. The van der Waals surface area contributed by atoms with Crippen LogP contribution in [0, 0.1) is 28.6 Å². The molecule has 0 unspecified atom stereocenters. The molecule has 1 N–H and O–H groups in total. The Hall–Kier alpha value is -9.10. The van der Waals surface area contributed by atoms with E-state index < -0.39 is 19.9 Å². The zero-order chi connectivity index (χ0) is 67.6. The lowest BCUT2D eigenvalue weighted by atomic mass is 9.96. The van der Waals surface area contributed by atoms with Gasteiger partial charge in [-0.25, -0.2) is 21.6 Å². The maximum atomic E-state index is 12.7. The van der Waals surface area contributed by atoms with Gasteiger partial charge >= 0.3 is 0 Å². The second-order valence-corrected chi connectivity index (χ2v) is 30.1. The van der Waals surface area contributed by atoms with Gasteiger partial charge in [0.2, 0.25) is 27.5 Å². The van der Waals surface area contributed by atoms with Crippen LogP contribution >= 0.6 is 0 Å². The van der Waals surface area contributed by atoms with E-state index in [1.807, 2.05) is 77.9 Å². The van der Waals surface area contributed by atoms with Gasteiger partial charge < -0.3 is 32.7 Å². The molecule has 5 aliphatic rings. The summed E-state index contributed by atoms with van der Waals surface area (Å²) in [6, 6.07) is 38.4. The van der Waals surface area contributed by atoms with Crippen molar-refractivity contribution in [1.29, 1.82) is 10.5 Å². The third-order valence-corrected chi connectivity index (χ3v) is 20.4. The quantitative estimate of drug-likeness (QED) is 0.0787. The molecule has 3 atom stereocenters. The fraction of sp³-hybridized carbons (Fsp3) is 0.397. The van der Waals surface area contributed by atoms with E-state index in [0.717, 1.165) is 85.2 Å². The van der Waals surface area contributed by atoms with Crippen molar-refractivity contribution in [3.05, 3.63) is 154 Å². The van der Waals surface area contributed by atoms with Gasteiger partial charge in [-0.05, 0) is 199 Å². The summed E-state index contributed by atoms with van der Waals surface area (Å²) in [6.45, 7) is 20.8. The van der Waals surface area contributed by atoms with E-state index in [2.05, 4.69) is 95.2 Å². The van der Waals surface area contributed by atoms with Crippen LogP contribution in [-0.2, 0) is 39.1 Å². The molecule has 6 aromatic carbocycles. The Bertz CT molecular complexity index is 4650. The maximum Gasteiger partial charge on any atom is 0.258 e. The number of sulfone groups is 1. The van der Waals surface area contributed by atoms with Gasteiger partial charge in [-0.1, -0.05) is 83.9 Å². The Balaban J connectivity index is 0.000000139. The van der Waals surface area contributed by atoms with Crippen molar-refractivity contribution in [2.24, 2.45) is 5.92 Å². The first-order valence-electron chi connectivity index (χ1n) is 32.9. The second-order valence-electron chi connectivity index (χ2n) is 26.2. The molecule has 23 heteroatoms. The molecule has 14 rings (SSSR count). The normalized spacial score (nSPS) is 17.5. The van der Waals surface area contributed by atoms with Crippen molar-refractivity contribution in [2.75, 3.05) is 44.7 Å². The van der Waals surface area contributed by atoms with Gasteiger partial charge in [0.15, 0.2) is 9.84 Å². The molecule has 0 spiro atoms. The van der Waals surface area contributed by atoms with Crippen LogP contribution in [0.25, 0.3) is 68.5 Å². The van der Waals surface area contributed by atoms with Gasteiger partial charge in [-0.3, -0.25) is 4.90 Å². The van der Waals surface area contributed by atoms with Gasteiger partial charge in [-0.15, -0.1) is 0 Å². The van der Waals surface area contributed by atoms with Crippen molar-refractivity contribution in [3.8, 4) is 97.9 Å². The Morgan fingerprint density at radius 3 is 1.50 bits per heavy atom. The number of sulfonamides is 1. The lowest BCUT2D eigenvalue weighted by Crippen LogP contribution is -2.46. The molecule has 3 aliphatic carbocycles. The lowest BCUT2D eigenvalue weighted by Gasteiger charge is -2.42. The molecule has 5 heterocycles. The van der Waals surface area contributed by atoms with Gasteiger partial charge in [-0.2, -0.15) is 25.5 Å². The highest BCUT2D eigenvalue weighted by molar-refractivity contribution is 7.90. The highest BCUT2D eigenvalue weighted by Gasteiger charge is 2.36. The first kappa shape index (κ1) is 66.9. The number of nitriles is 2. The third-order valence-electron chi connectivity index (χ3n) is 17.9. The average Bonchev–Trinajstić information content (AvgIpc) is 1.61. The molecule has 2 saturated heterocycles. The minimum atomic E-state index is -3.48. The van der Waals surface area contributed by atoms with Crippen LogP contribution in [-0.4, -0.2) is 120 Å². The maximum absolute atomic E-state index is 12.7. The Labute approximate surface area is 560 Å². The van der Waals surface area contributed by atoms with E-state index in [1.54, 1.807) is 42.5 Å². The number of ether oxygens (including phenoxy) is 3. The van der Waals surface area contributed by atoms with Crippen LogP contribution in [0.5, 0.6) is 17.2 Å². The molecule has 2 aliphatic heterocycles. The number of hydrogen-bond acceptors (Lipinski definition) is 20. The second kappa shape index (κ2) is 28.3. The van der Waals surface area contributed by atoms with Crippen LogP contribution in [0.1, 0.15) is 144 Å². The minimum Gasteiger partial charge on any atom is -0.490 e. The molecule has 9 aromatic rings. The van der Waals surface area contributed by atoms with Gasteiger partial charge in [0.25, 0.3) is 17.7 Å². The van der Waals surface area contributed by atoms with E-state index in [1.165, 1.54) is 41.4 Å². The zero-order valence-corrected chi connectivity index (χ0v) is 57.1. The summed E-state index contributed by atoms with van der Waals surface area (Å²) in [5.41, 5.74) is 12.9. The highest BCUT2D eigenvalue weighted by Crippen LogP contribution is 2.44. The van der Waals surface area contributed by atoms with E-state index in [9.17, 15) is 27.4 Å². The van der Waals surface area contributed by atoms with Crippen molar-refractivity contribution in [3.63, 3.8) is 0 Å². The van der Waals surface area contributed by atoms with Gasteiger partial charge in [0, 0.05) is 71.4 Å². The molecule has 2 fully saturated rings. The molecule has 0 saturated carbocycles. The smallest absolute Gasteiger partial charge is 0.258 e. The Kier molecular flexibility index (Phi) is 19.7. The predicted octanol–water partition coefficient (Wildman–Crippen LogP) is 13.3. The molecule has 21 nitrogen and oxygen atoms in total. The number of rotatable bonds is 19. The average molecular weight is 1330 g/mol. The summed E-state index contributed by atoms with van der Waals surface area (Å²) in [6.07, 6.45) is 7.80. The van der Waals surface area contributed by atoms with Crippen LogP contribution in [0.4, 0.5) is 0 Å². The number of aromatic nitrogens is 6. The molecular weight excluding hydrogens is 1260 g/mol. The van der Waals surface area contributed by atoms with Crippen LogP contribution < -0.4 is 18.9 Å². The summed E-state index contributed by atoms with van der Waals surface area (Å²) in [5, 5.41) is 31.6. The van der Waals surface area contributed by atoms with Crippen molar-refractivity contribution in [1.82, 2.24) is 44.9 Å². The highest BCUT2D eigenvalue weighted by atomic mass is 32.2. The van der Waals surface area contributed by atoms with Gasteiger partial charge in [0.05, 0.1) is 35.2 Å². The first-order valence-corrected chi connectivity index (χ1v) is 36.4. The molecular formula is C73H79N11O10S2. The van der Waals surface area contributed by atoms with Crippen molar-refractivity contribution < 1.29 is 44.6 Å². The van der Waals surface area contributed by atoms with E-state index in [-0.39, 0.29) is 40.9 Å². The summed E-state index contributed by atoms with van der Waals surface area (Å²) in [7, 11) is -6.87. The number of nitrogens with one attached hydrogen (secondary N) is 1. The van der Waals surface area contributed by atoms with Crippen LogP contribution in [0.3, 0.4) is 0 Å². The fourth-order valence-corrected chi connectivity index (χ4v) is 15.4. The minimum absolute atomic E-state index is 0.00330. The van der Waals surface area contributed by atoms with Crippen LogP contribution in [0.2, 0.25) is 0 Å². The van der Waals surface area contributed by atoms with Gasteiger partial charge in [0.1, 0.15) is 34.3 Å². The summed E-state index contributed by atoms with van der Waals surface area (Å²) >= 11 is 0. The standard InChI is InChI=1S/C26H29N5O4S.C25H26N4O2.C22H24N2O4S/c1-17(2)34-24-10-7-18(15-19(24)16-27)26-28-25(29-35-26)22-6-3-5-21-20(22)8-9-23(21)30-36(32,33)14-13-31-11-4-12-31;1-15(2)30-23-10-7-17(11-18(23)12-26)25-27-24(28-31-25)21-6-4-5-20-19(21)8-9-22(20)29-13-16(3)14-29;1-13(2)27-19-11-9-15(12-20(19)29(4,25)26)22-23-21(24-28-22)18-7-5-6-16-14(3)8-10-17(16)18/h3,5-7,10,15,17,23,30H,4,8-9,11-14H2,1-2H3;4-7,10-11,15-16,22H,8-9,13-14H2,1-3H3;5-7,9,11-14H,8,10H2,1-4H3/t23-;22-;14-/m001/s1. The van der Waals surface area contributed by atoms with Crippen molar-refractivity contribution >= 4 is 19.9 Å². The lowest BCUT2D eigenvalue weighted by molar-refractivity contribution is 0.0624. The predicted molar refractivity (Wildman–Crippen MR) is 363 cm³/mol. The summed E-state index contributed by atoms with van der Waals surface area (Å²) in [5.74, 6) is 5.38. The summed E-state index contributed by atoms with van der Waals surface area (Å²) < 4.78 is 86.4.